The molecule has 36 heavy (non-hydrogen) atoms. The number of rotatable bonds is 6. The van der Waals surface area contributed by atoms with Crippen molar-refractivity contribution in [2.24, 2.45) is 47.3 Å². The Kier molecular flexibility index (Phi) is 6.13. The van der Waals surface area contributed by atoms with Gasteiger partial charge in [0.25, 0.3) is 0 Å². The summed E-state index contributed by atoms with van der Waals surface area (Å²) in [6.45, 7) is 15.5. The van der Waals surface area contributed by atoms with Crippen molar-refractivity contribution in [1.29, 1.82) is 0 Å². The SMILES string of the molecule is C[Si](C)(C)c1ccc(CP(C2C3CC4CC(C3)CC2C4)C2C3CC4CC(C3)CC2C4)cc1[Si](C)(C)C. The second-order valence-corrected chi connectivity index (χ2v) is 29.5. The molecule has 9 rings (SSSR count). The molecule has 0 spiro atoms. The molecular weight excluding hydrogens is 484 g/mol. The lowest BCUT2D eigenvalue weighted by Gasteiger charge is -2.62. The van der Waals surface area contributed by atoms with E-state index in [-0.39, 0.29) is 7.92 Å². The van der Waals surface area contributed by atoms with Gasteiger partial charge in [-0.15, -0.1) is 0 Å². The standard InChI is InChI=1S/C33H53PSi2/c1-35(2,3)30-8-7-21(19-31(30)36(4,5)6)20-34(32-26-11-22-9-23(13-26)14-27(32)12-22)33-28-15-24-10-25(17-28)18-29(33)16-24/h7-8,19,22-29,32-33H,9-18,20H2,1-6H3. The predicted octanol–water partition coefficient (Wildman–Crippen LogP) is 8.41. The van der Waals surface area contributed by atoms with Crippen molar-refractivity contribution in [2.75, 3.05) is 0 Å². The second kappa shape index (κ2) is 8.79. The molecule has 8 saturated carbocycles. The molecule has 0 radical (unpaired) electrons. The van der Waals surface area contributed by atoms with Gasteiger partial charge < -0.3 is 0 Å². The minimum absolute atomic E-state index is 0.104. The Balaban J connectivity index is 1.26. The molecule has 3 heteroatoms. The van der Waals surface area contributed by atoms with Crippen LogP contribution in [-0.4, -0.2) is 27.5 Å². The molecule has 1 aromatic carbocycles. The predicted molar refractivity (Wildman–Crippen MR) is 165 cm³/mol. The van der Waals surface area contributed by atoms with Crippen LogP contribution < -0.4 is 10.4 Å². The third-order valence-electron chi connectivity index (χ3n) is 12.2. The van der Waals surface area contributed by atoms with Crippen LogP contribution in [0, 0.1) is 47.3 Å². The Labute approximate surface area is 226 Å². The highest BCUT2D eigenvalue weighted by Crippen LogP contribution is 2.71. The normalized spacial score (nSPS) is 43.8. The Morgan fingerprint density at radius 2 is 0.944 bits per heavy atom. The summed E-state index contributed by atoms with van der Waals surface area (Å²) in [6, 6.07) is 8.11. The van der Waals surface area contributed by atoms with Gasteiger partial charge >= 0.3 is 0 Å². The average molecular weight is 537 g/mol. The van der Waals surface area contributed by atoms with E-state index in [4.69, 9.17) is 0 Å². The van der Waals surface area contributed by atoms with Crippen molar-refractivity contribution in [2.45, 2.75) is 121 Å². The molecule has 198 valence electrons. The molecule has 1 aromatic rings. The topological polar surface area (TPSA) is 0 Å². The minimum atomic E-state index is -1.36. The Morgan fingerprint density at radius 1 is 0.556 bits per heavy atom. The number of hydrogen-bond donors (Lipinski definition) is 0. The molecule has 0 nitrogen and oxygen atoms in total. The fourth-order valence-corrected chi connectivity index (χ4v) is 21.3. The van der Waals surface area contributed by atoms with E-state index in [0.29, 0.717) is 0 Å². The second-order valence-electron chi connectivity index (χ2n) is 16.9. The zero-order valence-electron chi connectivity index (χ0n) is 24.2. The first-order chi connectivity index (χ1) is 17.0. The van der Waals surface area contributed by atoms with Crippen molar-refractivity contribution in [3.8, 4) is 0 Å². The van der Waals surface area contributed by atoms with E-state index in [1.165, 1.54) is 6.16 Å². The summed E-state index contributed by atoms with van der Waals surface area (Å²) in [4.78, 5) is 0. The molecule has 8 aliphatic carbocycles. The molecule has 0 aliphatic heterocycles. The van der Waals surface area contributed by atoms with Crippen LogP contribution in [0.25, 0.3) is 0 Å². The van der Waals surface area contributed by atoms with Gasteiger partial charge in [0.1, 0.15) is 0 Å². The highest BCUT2D eigenvalue weighted by Gasteiger charge is 2.56. The molecule has 8 bridgehead atoms. The monoisotopic (exact) mass is 536 g/mol. The van der Waals surface area contributed by atoms with E-state index in [9.17, 15) is 0 Å². The van der Waals surface area contributed by atoms with Crippen molar-refractivity contribution in [3.05, 3.63) is 23.8 Å². The van der Waals surface area contributed by atoms with Gasteiger partial charge in [-0.05, 0) is 135 Å². The van der Waals surface area contributed by atoms with E-state index in [0.717, 1.165) is 58.7 Å². The average Bonchev–Trinajstić information content (AvgIpc) is 2.76. The van der Waals surface area contributed by atoms with Crippen molar-refractivity contribution in [1.82, 2.24) is 0 Å². The third-order valence-corrected chi connectivity index (χ3v) is 20.5. The van der Waals surface area contributed by atoms with Gasteiger partial charge in [-0.1, -0.05) is 75.8 Å². The lowest BCUT2D eigenvalue weighted by molar-refractivity contribution is 0.0129. The fourth-order valence-electron chi connectivity index (χ4n) is 11.5. The third kappa shape index (κ3) is 4.31. The van der Waals surface area contributed by atoms with Crippen LogP contribution in [0.5, 0.6) is 0 Å². The molecule has 0 atom stereocenters. The maximum Gasteiger partial charge on any atom is 0.0774 e. The van der Waals surface area contributed by atoms with Crippen LogP contribution in [0.3, 0.4) is 0 Å². The van der Waals surface area contributed by atoms with Crippen LogP contribution in [0.2, 0.25) is 39.3 Å². The molecule has 0 unspecified atom stereocenters. The zero-order chi connectivity index (χ0) is 25.0. The maximum absolute atomic E-state index is 2.81. The lowest BCUT2D eigenvalue weighted by atomic mass is 9.55. The largest absolute Gasteiger partial charge is 0.0947 e. The summed E-state index contributed by atoms with van der Waals surface area (Å²) in [6.07, 6.45) is 17.7. The minimum Gasteiger partial charge on any atom is -0.0947 e. The highest BCUT2D eigenvalue weighted by atomic mass is 31.1. The van der Waals surface area contributed by atoms with Gasteiger partial charge in [0.05, 0.1) is 16.1 Å². The summed E-state index contributed by atoms with van der Waals surface area (Å²) in [5, 5.41) is 3.60. The van der Waals surface area contributed by atoms with E-state index in [1.54, 1.807) is 75.0 Å². The Bertz CT molecular complexity index is 902. The molecule has 0 amide bonds. The van der Waals surface area contributed by atoms with Crippen LogP contribution in [-0.2, 0) is 6.16 Å². The summed E-state index contributed by atoms with van der Waals surface area (Å²) in [5.74, 6) is 8.93. The van der Waals surface area contributed by atoms with E-state index in [1.807, 2.05) is 5.19 Å². The van der Waals surface area contributed by atoms with E-state index in [2.05, 4.69) is 57.5 Å². The Morgan fingerprint density at radius 3 is 1.31 bits per heavy atom. The quantitative estimate of drug-likeness (QED) is 0.253. The van der Waals surface area contributed by atoms with Crippen molar-refractivity contribution < 1.29 is 0 Å². The highest BCUT2D eigenvalue weighted by molar-refractivity contribution is 7.58. The molecule has 0 aromatic heterocycles. The first kappa shape index (κ1) is 25.1. The summed E-state index contributed by atoms with van der Waals surface area (Å²) in [7, 11) is -2.57. The van der Waals surface area contributed by atoms with Crippen LogP contribution in [0.15, 0.2) is 18.2 Å². The van der Waals surface area contributed by atoms with Crippen LogP contribution in [0.1, 0.15) is 69.8 Å². The number of hydrogen-bond acceptors (Lipinski definition) is 0. The summed E-state index contributed by atoms with van der Waals surface area (Å²) in [5.41, 5.74) is 4.02. The van der Waals surface area contributed by atoms with Gasteiger partial charge in [0.2, 0.25) is 0 Å². The van der Waals surface area contributed by atoms with Gasteiger partial charge in [0.15, 0.2) is 0 Å². The van der Waals surface area contributed by atoms with Crippen LogP contribution in [0.4, 0.5) is 0 Å². The number of benzene rings is 1. The van der Waals surface area contributed by atoms with Crippen molar-refractivity contribution in [3.63, 3.8) is 0 Å². The first-order valence-electron chi connectivity index (χ1n) is 15.9. The summed E-state index contributed by atoms with van der Waals surface area (Å²) < 4.78 is 0. The molecule has 8 fully saturated rings. The Hall–Kier alpha value is 0.0838. The fraction of sp³-hybridized carbons (Fsp3) is 0.818. The molecular formula is C33H53PSi2. The first-order valence-corrected chi connectivity index (χ1v) is 24.6. The van der Waals surface area contributed by atoms with Crippen molar-refractivity contribution >= 4 is 34.4 Å². The molecule has 0 heterocycles. The smallest absolute Gasteiger partial charge is 0.0774 e. The van der Waals surface area contributed by atoms with Gasteiger partial charge in [-0.3, -0.25) is 0 Å². The molecule has 0 N–H and O–H groups in total. The summed E-state index contributed by atoms with van der Waals surface area (Å²) >= 11 is 0. The van der Waals surface area contributed by atoms with Gasteiger partial charge in [0, 0.05) is 0 Å². The molecule has 0 saturated heterocycles. The molecule has 8 aliphatic rings. The van der Waals surface area contributed by atoms with E-state index < -0.39 is 16.1 Å². The zero-order valence-corrected chi connectivity index (χ0v) is 27.1. The van der Waals surface area contributed by atoms with Gasteiger partial charge in [-0.25, -0.2) is 0 Å². The lowest BCUT2D eigenvalue weighted by Crippen LogP contribution is -2.56. The maximum atomic E-state index is 2.81. The van der Waals surface area contributed by atoms with Gasteiger partial charge in [-0.2, -0.15) is 0 Å². The van der Waals surface area contributed by atoms with Crippen LogP contribution >= 0.6 is 7.92 Å². The van der Waals surface area contributed by atoms with E-state index >= 15 is 0 Å².